The zero-order chi connectivity index (χ0) is 37.3. The Morgan fingerprint density at radius 1 is 0.815 bits per heavy atom. The Morgan fingerprint density at radius 2 is 1.44 bits per heavy atom. The van der Waals surface area contributed by atoms with Gasteiger partial charge in [-0.3, -0.25) is 19.4 Å². The van der Waals surface area contributed by atoms with E-state index in [-0.39, 0.29) is 29.3 Å². The summed E-state index contributed by atoms with van der Waals surface area (Å²) >= 11 is 14.6. The molecular formula is C43H45Cl2N5O4. The maximum Gasteiger partial charge on any atom is 0.220 e. The van der Waals surface area contributed by atoms with Crippen LogP contribution >= 0.6 is 23.2 Å². The van der Waals surface area contributed by atoms with E-state index in [0.717, 1.165) is 116 Å². The van der Waals surface area contributed by atoms with E-state index in [1.165, 1.54) is 16.7 Å². The van der Waals surface area contributed by atoms with Crippen molar-refractivity contribution >= 4 is 35.0 Å². The van der Waals surface area contributed by atoms with Crippen LogP contribution in [0, 0.1) is 5.41 Å². The van der Waals surface area contributed by atoms with Crippen LogP contribution in [0.1, 0.15) is 60.5 Å². The molecule has 280 valence electrons. The molecule has 3 saturated heterocycles. The van der Waals surface area contributed by atoms with Crippen molar-refractivity contribution in [3.8, 4) is 45.1 Å². The van der Waals surface area contributed by atoms with Crippen LogP contribution in [-0.2, 0) is 22.4 Å². The van der Waals surface area contributed by atoms with Gasteiger partial charge in [0.25, 0.3) is 0 Å². The average Bonchev–Trinajstić information content (AvgIpc) is 3.91. The summed E-state index contributed by atoms with van der Waals surface area (Å²) in [7, 11) is 3.43. The van der Waals surface area contributed by atoms with Gasteiger partial charge in [-0.1, -0.05) is 65.7 Å². The molecule has 0 saturated carbocycles. The number of piperazine rings is 1. The third-order valence-electron chi connectivity index (χ3n) is 12.6. The molecule has 1 N–H and O–H groups in total. The van der Waals surface area contributed by atoms with Crippen LogP contribution in [0.5, 0.6) is 11.6 Å². The van der Waals surface area contributed by atoms with Crippen molar-refractivity contribution < 1.29 is 19.1 Å². The van der Waals surface area contributed by atoms with Crippen molar-refractivity contribution in [2.75, 3.05) is 60.0 Å². The molecule has 5 aliphatic rings. The number of ether oxygens (including phenoxy) is 2. The highest BCUT2D eigenvalue weighted by molar-refractivity contribution is 6.39. The lowest BCUT2D eigenvalue weighted by Gasteiger charge is -2.50. The minimum Gasteiger partial charge on any atom is -0.496 e. The maximum atomic E-state index is 11.9. The summed E-state index contributed by atoms with van der Waals surface area (Å²) in [4.78, 5) is 35.8. The second-order valence-electron chi connectivity index (χ2n) is 15.7. The fraction of sp³-hybridized carbons (Fsp3) is 0.419. The van der Waals surface area contributed by atoms with E-state index in [4.69, 9.17) is 37.7 Å². The first-order valence-electron chi connectivity index (χ1n) is 19.0. The number of carbonyl (C=O) groups is 2. The second-order valence-corrected chi connectivity index (χ2v) is 16.4. The fourth-order valence-electron chi connectivity index (χ4n) is 9.90. The Balaban J connectivity index is 1.00. The van der Waals surface area contributed by atoms with Gasteiger partial charge in [-0.25, -0.2) is 4.98 Å². The van der Waals surface area contributed by atoms with E-state index in [1.54, 1.807) is 21.1 Å². The molecule has 1 spiro atoms. The number of likely N-dealkylation sites (tertiary alicyclic amines) is 1. The van der Waals surface area contributed by atoms with Gasteiger partial charge in [-0.15, -0.1) is 0 Å². The first kappa shape index (κ1) is 35.5. The molecule has 3 aliphatic heterocycles. The topological polar surface area (TPSA) is 87.2 Å². The number of carbonyl (C=O) groups excluding carboxylic acids is 2. The van der Waals surface area contributed by atoms with Crippen molar-refractivity contribution in [1.82, 2.24) is 25.0 Å². The van der Waals surface area contributed by atoms with Crippen LogP contribution in [-0.4, -0.2) is 91.5 Å². The molecule has 3 aromatic carbocycles. The minimum atomic E-state index is 0.0668. The first-order valence-corrected chi connectivity index (χ1v) is 19.8. The normalized spacial score (nSPS) is 21.9. The molecule has 11 heteroatoms. The third-order valence-corrected chi connectivity index (χ3v) is 13.4. The highest BCUT2D eigenvalue weighted by Crippen LogP contribution is 2.50. The smallest absolute Gasteiger partial charge is 0.220 e. The van der Waals surface area contributed by atoms with Gasteiger partial charge >= 0.3 is 0 Å². The van der Waals surface area contributed by atoms with Crippen molar-refractivity contribution in [2.24, 2.45) is 5.41 Å². The van der Waals surface area contributed by atoms with Crippen molar-refractivity contribution in [3.05, 3.63) is 86.9 Å². The van der Waals surface area contributed by atoms with Gasteiger partial charge < -0.3 is 19.7 Å². The van der Waals surface area contributed by atoms with Crippen LogP contribution in [0.15, 0.2) is 54.6 Å². The van der Waals surface area contributed by atoms with E-state index in [2.05, 4.69) is 39.4 Å². The number of pyridine rings is 1. The Kier molecular flexibility index (Phi) is 9.12. The lowest BCUT2D eigenvalue weighted by molar-refractivity contribution is -0.131. The zero-order valence-electron chi connectivity index (χ0n) is 31.0. The fourth-order valence-corrected chi connectivity index (χ4v) is 10.6. The Morgan fingerprint density at radius 3 is 2.07 bits per heavy atom. The number of methoxy groups -OCH3 is 2. The van der Waals surface area contributed by atoms with Crippen LogP contribution < -0.4 is 14.8 Å². The third kappa shape index (κ3) is 5.95. The number of benzene rings is 3. The lowest BCUT2D eigenvalue weighted by atomic mass is 9.77. The lowest BCUT2D eigenvalue weighted by Crippen LogP contribution is -2.58. The average molecular weight is 767 g/mol. The number of amides is 2. The first-order chi connectivity index (χ1) is 26.2. The number of nitrogens with zero attached hydrogens (tertiary/aromatic N) is 4. The molecule has 2 amide bonds. The minimum absolute atomic E-state index is 0.0668. The molecule has 0 unspecified atom stereocenters. The maximum absolute atomic E-state index is 11.9. The van der Waals surface area contributed by atoms with Crippen LogP contribution in [0.3, 0.4) is 0 Å². The predicted octanol–water partition coefficient (Wildman–Crippen LogP) is 7.37. The standard InChI is InChI=1S/C43H45Cl2N5O4/c1-25(51)48-14-16-49(17-15-48)34-12-10-26-18-28(20-36(53-2)38(26)34)29-6-4-7-30(40(29)44)31-8-5-9-32(41(31)45)33-19-27-11-13-35(39(27)42(47-33)54-3)50-23-43(24-50)21-37(52)46-22-43/h4-9,18-20,34-35H,10-17,21-24H2,1-3H3,(H,46,52)/t34-,35+/m0/s1. The molecule has 0 bridgehead atoms. The van der Waals surface area contributed by atoms with Gasteiger partial charge in [0, 0.05) is 110 Å². The number of hydrogen-bond acceptors (Lipinski definition) is 7. The number of rotatable bonds is 7. The van der Waals surface area contributed by atoms with Crippen LogP contribution in [0.2, 0.25) is 10.0 Å². The molecule has 2 aliphatic carbocycles. The van der Waals surface area contributed by atoms with Crippen LogP contribution in [0.4, 0.5) is 0 Å². The summed E-state index contributed by atoms with van der Waals surface area (Å²) in [6.45, 7) is 7.47. The summed E-state index contributed by atoms with van der Waals surface area (Å²) in [6, 6.07) is 19.2. The van der Waals surface area contributed by atoms with E-state index in [1.807, 2.05) is 35.2 Å². The van der Waals surface area contributed by atoms with Gasteiger partial charge in [0.05, 0.1) is 30.0 Å². The Labute approximate surface area is 326 Å². The van der Waals surface area contributed by atoms with E-state index >= 15 is 0 Å². The van der Waals surface area contributed by atoms with Gasteiger partial charge in [0.15, 0.2) is 0 Å². The Bertz CT molecular complexity index is 2180. The SMILES string of the molecule is COc1cc(-c2cccc(-c3cccc(-c4cc5c(c(OC)n4)[C@H](N4CC6(CNC(=O)C6)C4)CC5)c3Cl)c2Cl)cc2c1[C@@H](N1CCN(C(C)=O)CC1)CC2. The molecule has 0 radical (unpaired) electrons. The molecule has 4 heterocycles. The summed E-state index contributed by atoms with van der Waals surface area (Å²) in [6.07, 6.45) is 4.52. The zero-order valence-corrected chi connectivity index (χ0v) is 32.5. The van der Waals surface area contributed by atoms with Gasteiger partial charge in [0.1, 0.15) is 5.75 Å². The van der Waals surface area contributed by atoms with Crippen molar-refractivity contribution in [1.29, 1.82) is 0 Å². The van der Waals surface area contributed by atoms with Crippen molar-refractivity contribution in [2.45, 2.75) is 51.1 Å². The number of nitrogens with one attached hydrogen (secondary N) is 1. The summed E-state index contributed by atoms with van der Waals surface area (Å²) in [5, 5.41) is 4.23. The van der Waals surface area contributed by atoms with E-state index in [9.17, 15) is 9.59 Å². The van der Waals surface area contributed by atoms with Gasteiger partial charge in [0.2, 0.25) is 17.7 Å². The number of halogens is 2. The van der Waals surface area contributed by atoms with Crippen molar-refractivity contribution in [3.63, 3.8) is 0 Å². The molecule has 4 aromatic rings. The number of fused-ring (bicyclic) bond motifs is 2. The molecule has 54 heavy (non-hydrogen) atoms. The molecule has 2 atom stereocenters. The van der Waals surface area contributed by atoms with Crippen LogP contribution in [0.25, 0.3) is 33.5 Å². The number of hydrogen-bond donors (Lipinski definition) is 1. The molecule has 9 rings (SSSR count). The highest BCUT2D eigenvalue weighted by atomic mass is 35.5. The van der Waals surface area contributed by atoms with E-state index < -0.39 is 0 Å². The van der Waals surface area contributed by atoms with E-state index in [0.29, 0.717) is 22.3 Å². The predicted molar refractivity (Wildman–Crippen MR) is 211 cm³/mol. The number of aromatic nitrogens is 1. The largest absolute Gasteiger partial charge is 0.496 e. The molecule has 3 fully saturated rings. The quantitative estimate of drug-likeness (QED) is 0.210. The molecular weight excluding hydrogens is 721 g/mol. The number of aryl methyl sites for hydroxylation is 2. The van der Waals surface area contributed by atoms with Gasteiger partial charge in [-0.2, -0.15) is 0 Å². The summed E-state index contributed by atoms with van der Waals surface area (Å²) in [5.74, 6) is 1.81. The molecule has 9 nitrogen and oxygen atoms in total. The van der Waals surface area contributed by atoms with Gasteiger partial charge in [-0.05, 0) is 54.5 Å². The summed E-state index contributed by atoms with van der Waals surface area (Å²) < 4.78 is 12.0. The summed E-state index contributed by atoms with van der Waals surface area (Å²) in [5.41, 5.74) is 10.2. The Hall–Kier alpha value is -4.15. The highest BCUT2D eigenvalue weighted by Gasteiger charge is 2.51. The molecule has 1 aromatic heterocycles. The second kappa shape index (κ2) is 13.9. The monoisotopic (exact) mass is 765 g/mol.